The van der Waals surface area contributed by atoms with Crippen LogP contribution in [0.5, 0.6) is 0 Å². The molecule has 3 aliphatic heterocycles. The minimum absolute atomic E-state index is 0.0515. The van der Waals surface area contributed by atoms with E-state index in [-0.39, 0.29) is 25.4 Å². The number of hydrogen-bond donors (Lipinski definition) is 1. The maximum Gasteiger partial charge on any atom is 0.346 e. The number of fused-ring (bicyclic) bond motifs is 2. The molecule has 0 unspecified atom stereocenters. The summed E-state index contributed by atoms with van der Waals surface area (Å²) >= 11 is 0. The van der Waals surface area contributed by atoms with Gasteiger partial charge in [-0.2, -0.15) is 14.4 Å². The predicted molar refractivity (Wildman–Crippen MR) is 78.9 cm³/mol. The van der Waals surface area contributed by atoms with E-state index in [0.717, 1.165) is 23.0 Å². The van der Waals surface area contributed by atoms with Crippen molar-refractivity contribution >= 4 is 22.3 Å². The van der Waals surface area contributed by atoms with Crippen molar-refractivity contribution in [2.75, 3.05) is 19.6 Å². The number of amides is 3. The van der Waals surface area contributed by atoms with Crippen LogP contribution in [-0.4, -0.2) is 77.6 Å². The molecule has 3 fully saturated rings. The summed E-state index contributed by atoms with van der Waals surface area (Å²) < 4.78 is 36.5. The predicted octanol–water partition coefficient (Wildman–Crippen LogP) is -2.12. The van der Waals surface area contributed by atoms with Gasteiger partial charge in [0.1, 0.15) is 6.04 Å². The van der Waals surface area contributed by atoms with Crippen LogP contribution < -0.4 is 5.32 Å². The Hall–Kier alpha value is -1.83. The van der Waals surface area contributed by atoms with Gasteiger partial charge in [-0.3, -0.25) is 4.79 Å². The number of quaternary nitrogens is 1. The highest BCUT2D eigenvalue weighted by Crippen LogP contribution is 2.32. The summed E-state index contributed by atoms with van der Waals surface area (Å²) in [6.07, 6.45) is 1.77. The summed E-state index contributed by atoms with van der Waals surface area (Å²) in [6, 6.07) is -2.72. The van der Waals surface area contributed by atoms with Crippen LogP contribution in [0.15, 0.2) is 5.29 Å². The van der Waals surface area contributed by atoms with Gasteiger partial charge in [0.25, 0.3) is 5.91 Å². The maximum absolute atomic E-state index is 12.7. The van der Waals surface area contributed by atoms with E-state index in [9.17, 15) is 27.5 Å². The molecule has 0 aromatic rings. The van der Waals surface area contributed by atoms with Gasteiger partial charge in [0.2, 0.25) is 10.4 Å². The standard InChI is InChI=1S/C12H19N5O7S/c18-11(16(14-20)8-3-5-13-6-4-8)10-2-1-9-7-15(10)12(19)17(9)24-25(21,22)23/h8-10,13H,1-7H2,(H,21,22,23)/t9-,10+/m1/s1. The molecule has 3 amide bonds. The third-order valence-electron chi connectivity index (χ3n) is 4.85. The SMILES string of the molecule is O=NN(C(=O)[C@@H]1CC[C@@H]2CN1C(=O)N2OS(=O)(=O)[O-])C1CC[NH2+]CC1. The molecule has 0 aromatic carbocycles. The average Bonchev–Trinajstić information content (AvgIpc) is 2.80. The lowest BCUT2D eigenvalue weighted by Gasteiger charge is -2.34. The van der Waals surface area contributed by atoms with Gasteiger partial charge in [-0.15, -0.1) is 4.91 Å². The van der Waals surface area contributed by atoms with Crippen molar-refractivity contribution in [2.24, 2.45) is 5.29 Å². The topological polar surface area (TPSA) is 156 Å². The highest BCUT2D eigenvalue weighted by molar-refractivity contribution is 7.80. The first-order valence-corrected chi connectivity index (χ1v) is 9.38. The minimum Gasteiger partial charge on any atom is -0.724 e. The summed E-state index contributed by atoms with van der Waals surface area (Å²) in [7, 11) is -5.09. The van der Waals surface area contributed by atoms with Crippen LogP contribution in [0.3, 0.4) is 0 Å². The van der Waals surface area contributed by atoms with Crippen molar-refractivity contribution in [1.82, 2.24) is 15.0 Å². The molecular weight excluding hydrogens is 358 g/mol. The van der Waals surface area contributed by atoms with Gasteiger partial charge in [0, 0.05) is 19.4 Å². The summed E-state index contributed by atoms with van der Waals surface area (Å²) in [4.78, 5) is 37.4. The van der Waals surface area contributed by atoms with Crippen LogP contribution in [0.1, 0.15) is 25.7 Å². The van der Waals surface area contributed by atoms with E-state index in [1.807, 2.05) is 0 Å². The molecule has 0 radical (unpaired) electrons. The lowest BCUT2D eigenvalue weighted by atomic mass is 9.98. The quantitative estimate of drug-likeness (QED) is 0.248. The highest BCUT2D eigenvalue weighted by Gasteiger charge is 2.50. The molecule has 3 aliphatic rings. The first-order chi connectivity index (χ1) is 11.8. The van der Waals surface area contributed by atoms with Crippen LogP contribution in [-0.2, 0) is 19.5 Å². The third-order valence-corrected chi connectivity index (χ3v) is 5.19. The minimum atomic E-state index is -5.09. The van der Waals surface area contributed by atoms with Crippen molar-refractivity contribution in [2.45, 2.75) is 43.8 Å². The molecule has 3 saturated heterocycles. The first kappa shape index (κ1) is 18.0. The van der Waals surface area contributed by atoms with Crippen molar-refractivity contribution in [1.29, 1.82) is 0 Å². The highest BCUT2D eigenvalue weighted by atomic mass is 32.3. The van der Waals surface area contributed by atoms with E-state index in [4.69, 9.17) is 0 Å². The fourth-order valence-electron chi connectivity index (χ4n) is 3.68. The molecule has 12 nitrogen and oxygen atoms in total. The van der Waals surface area contributed by atoms with Crippen LogP contribution >= 0.6 is 0 Å². The maximum atomic E-state index is 12.7. The van der Waals surface area contributed by atoms with Crippen molar-refractivity contribution < 1.29 is 32.2 Å². The fraction of sp³-hybridized carbons (Fsp3) is 0.833. The number of piperidine rings is 2. The number of carbonyl (C=O) groups excluding carboxylic acids is 2. The van der Waals surface area contributed by atoms with Crippen LogP contribution in [0.25, 0.3) is 0 Å². The Morgan fingerprint density at radius 1 is 1.28 bits per heavy atom. The Morgan fingerprint density at radius 3 is 2.56 bits per heavy atom. The van der Waals surface area contributed by atoms with Crippen LogP contribution in [0, 0.1) is 4.91 Å². The van der Waals surface area contributed by atoms with E-state index in [1.165, 1.54) is 0 Å². The second-order valence-electron chi connectivity index (χ2n) is 6.35. The van der Waals surface area contributed by atoms with Gasteiger partial charge in [0.15, 0.2) is 0 Å². The Bertz CT molecular complexity index is 665. The van der Waals surface area contributed by atoms with E-state index in [0.29, 0.717) is 17.9 Å². The molecule has 0 saturated carbocycles. The number of hydroxylamine groups is 2. The molecule has 2 bridgehead atoms. The average molecular weight is 377 g/mol. The third kappa shape index (κ3) is 3.58. The zero-order chi connectivity index (χ0) is 18.2. The number of rotatable bonds is 5. The van der Waals surface area contributed by atoms with E-state index in [2.05, 4.69) is 14.9 Å². The zero-order valence-electron chi connectivity index (χ0n) is 13.3. The monoisotopic (exact) mass is 377 g/mol. The summed E-state index contributed by atoms with van der Waals surface area (Å²) in [5.74, 6) is -0.583. The second-order valence-corrected chi connectivity index (χ2v) is 7.32. The molecule has 0 aromatic heterocycles. The van der Waals surface area contributed by atoms with Gasteiger partial charge in [0.05, 0.1) is 30.5 Å². The van der Waals surface area contributed by atoms with Gasteiger partial charge in [-0.25, -0.2) is 13.2 Å². The van der Waals surface area contributed by atoms with Gasteiger partial charge < -0.3 is 14.8 Å². The van der Waals surface area contributed by atoms with Crippen molar-refractivity contribution in [3.63, 3.8) is 0 Å². The molecule has 2 atom stereocenters. The molecular formula is C12H19N5O7S. The normalized spacial score (nSPS) is 27.5. The number of nitrogens with two attached hydrogens (primary N) is 1. The molecule has 3 heterocycles. The molecule has 0 spiro atoms. The summed E-state index contributed by atoms with van der Waals surface area (Å²) in [6.45, 7) is 1.61. The molecule has 2 N–H and O–H groups in total. The smallest absolute Gasteiger partial charge is 0.346 e. The molecule has 140 valence electrons. The van der Waals surface area contributed by atoms with E-state index < -0.39 is 34.4 Å². The summed E-state index contributed by atoms with van der Waals surface area (Å²) in [5.41, 5.74) is 0. The van der Waals surface area contributed by atoms with E-state index >= 15 is 0 Å². The largest absolute Gasteiger partial charge is 0.724 e. The number of hydrogen-bond acceptors (Lipinski definition) is 8. The van der Waals surface area contributed by atoms with Crippen LogP contribution in [0.2, 0.25) is 0 Å². The fourth-order valence-corrected chi connectivity index (χ4v) is 4.06. The number of nitroso groups, excluding NO2 is 1. The molecule has 3 rings (SSSR count). The number of carbonyl (C=O) groups is 2. The Labute approximate surface area is 143 Å². The van der Waals surface area contributed by atoms with Gasteiger partial charge in [-0.05, 0) is 12.8 Å². The second kappa shape index (κ2) is 6.82. The Morgan fingerprint density at radius 2 is 1.96 bits per heavy atom. The lowest BCUT2D eigenvalue weighted by molar-refractivity contribution is -0.663. The van der Waals surface area contributed by atoms with E-state index in [1.54, 1.807) is 0 Å². The van der Waals surface area contributed by atoms with Crippen LogP contribution in [0.4, 0.5) is 4.79 Å². The van der Waals surface area contributed by atoms with Gasteiger partial charge in [-0.1, -0.05) is 0 Å². The number of nitrogens with zero attached hydrogens (tertiary/aromatic N) is 4. The zero-order valence-corrected chi connectivity index (χ0v) is 14.1. The number of urea groups is 1. The lowest BCUT2D eigenvalue weighted by Crippen LogP contribution is -2.87. The van der Waals surface area contributed by atoms with Crippen molar-refractivity contribution in [3.05, 3.63) is 4.91 Å². The Balaban J connectivity index is 1.74. The Kier molecular flexibility index (Phi) is 4.90. The molecule has 13 heteroatoms. The van der Waals surface area contributed by atoms with Gasteiger partial charge >= 0.3 is 6.03 Å². The summed E-state index contributed by atoms with van der Waals surface area (Å²) in [5, 5.41) is 6.35. The van der Waals surface area contributed by atoms with Crippen molar-refractivity contribution in [3.8, 4) is 0 Å². The molecule has 25 heavy (non-hydrogen) atoms. The molecule has 0 aliphatic carbocycles. The first-order valence-electron chi connectivity index (χ1n) is 8.05.